The molecule has 0 spiro atoms. The summed E-state index contributed by atoms with van der Waals surface area (Å²) in [7, 11) is 2.11. The van der Waals surface area contributed by atoms with Gasteiger partial charge in [-0.2, -0.15) is 0 Å². The zero-order valence-electron chi connectivity index (χ0n) is 7.26. The topological polar surface area (TPSA) is 3.24 Å². The molecule has 0 fully saturated rings. The Morgan fingerprint density at radius 2 is 1.70 bits per heavy atom. The van der Waals surface area contributed by atoms with E-state index in [0.717, 1.165) is 13.1 Å². The van der Waals surface area contributed by atoms with Gasteiger partial charge < -0.3 is 4.90 Å². The summed E-state index contributed by atoms with van der Waals surface area (Å²) in [5.41, 5.74) is 0. The molecular formula is C7H17NS2. The lowest BCUT2D eigenvalue weighted by Gasteiger charge is -2.07. The number of thiocarbonyl (C=S) groups is 1. The van der Waals surface area contributed by atoms with Gasteiger partial charge in [0.2, 0.25) is 0 Å². The van der Waals surface area contributed by atoms with Crippen molar-refractivity contribution in [1.82, 2.24) is 4.90 Å². The van der Waals surface area contributed by atoms with E-state index in [9.17, 15) is 0 Å². The van der Waals surface area contributed by atoms with E-state index >= 15 is 0 Å². The van der Waals surface area contributed by atoms with Crippen LogP contribution >= 0.6 is 24.0 Å². The van der Waals surface area contributed by atoms with Crippen LogP contribution in [0.15, 0.2) is 0 Å². The van der Waals surface area contributed by atoms with E-state index in [-0.39, 0.29) is 0 Å². The molecule has 0 N–H and O–H groups in total. The van der Waals surface area contributed by atoms with Gasteiger partial charge in [0.1, 0.15) is 0 Å². The van der Waals surface area contributed by atoms with Crippen LogP contribution < -0.4 is 0 Å². The molecule has 3 heteroatoms. The third-order valence-corrected chi connectivity index (χ3v) is 1.95. The van der Waals surface area contributed by atoms with E-state index in [1.54, 1.807) is 16.5 Å². The zero-order chi connectivity index (χ0) is 8.41. The lowest BCUT2D eigenvalue weighted by Crippen LogP contribution is -2.15. The fraction of sp³-hybridized carbons (Fsp3) is 0.857. The molecule has 0 saturated heterocycles. The van der Waals surface area contributed by atoms with Crippen molar-refractivity contribution in [3.8, 4) is 0 Å². The largest absolute Gasteiger partial charge is 0.307 e. The van der Waals surface area contributed by atoms with Gasteiger partial charge in [-0.25, -0.2) is 0 Å². The van der Waals surface area contributed by atoms with Crippen LogP contribution in [0.5, 0.6) is 0 Å². The monoisotopic (exact) mass is 179 g/mol. The van der Waals surface area contributed by atoms with Crippen molar-refractivity contribution in [2.45, 2.75) is 13.8 Å². The summed E-state index contributed by atoms with van der Waals surface area (Å²) in [6.45, 7) is 6.64. The van der Waals surface area contributed by atoms with Gasteiger partial charge >= 0.3 is 0 Å². The van der Waals surface area contributed by atoms with Crippen LogP contribution in [0.3, 0.4) is 0 Å². The fourth-order valence-electron chi connectivity index (χ4n) is 0.224. The lowest BCUT2D eigenvalue weighted by atomic mass is 10.6. The third kappa shape index (κ3) is 15.8. The van der Waals surface area contributed by atoms with Crippen molar-refractivity contribution in [3.05, 3.63) is 0 Å². The van der Waals surface area contributed by atoms with Gasteiger partial charge in [0.05, 0.1) is 0 Å². The SMILES string of the molecule is CCN(C)CC.CSC=S. The highest BCUT2D eigenvalue weighted by atomic mass is 32.2. The summed E-state index contributed by atoms with van der Waals surface area (Å²) >= 11 is 5.94. The summed E-state index contributed by atoms with van der Waals surface area (Å²) in [5, 5.41) is 0. The number of nitrogens with zero attached hydrogens (tertiary/aromatic N) is 1. The lowest BCUT2D eigenvalue weighted by molar-refractivity contribution is 0.373. The van der Waals surface area contributed by atoms with Gasteiger partial charge in [-0.3, -0.25) is 0 Å². The summed E-state index contributed by atoms with van der Waals surface area (Å²) in [6, 6.07) is 0. The first-order valence-electron chi connectivity index (χ1n) is 3.37. The Morgan fingerprint density at radius 1 is 1.40 bits per heavy atom. The van der Waals surface area contributed by atoms with Crippen LogP contribution in [0.2, 0.25) is 0 Å². The first kappa shape index (κ1) is 13.0. The molecule has 0 saturated carbocycles. The molecule has 0 radical (unpaired) electrons. The molecule has 0 bridgehead atoms. The van der Waals surface area contributed by atoms with Crippen LogP contribution in [-0.4, -0.2) is 36.0 Å². The van der Waals surface area contributed by atoms with Gasteiger partial charge in [0.25, 0.3) is 0 Å². The Balaban J connectivity index is 0. The maximum Gasteiger partial charge on any atom is 0.0339 e. The predicted octanol–water partition coefficient (Wildman–Crippen LogP) is 2.26. The molecule has 0 atom stereocenters. The minimum absolute atomic E-state index is 1.16. The zero-order valence-corrected chi connectivity index (χ0v) is 8.89. The second-order valence-electron chi connectivity index (χ2n) is 1.82. The van der Waals surface area contributed by atoms with Crippen LogP contribution in [0.25, 0.3) is 0 Å². The molecule has 0 aromatic carbocycles. The van der Waals surface area contributed by atoms with Crippen molar-refractivity contribution in [3.63, 3.8) is 0 Å². The number of hydrogen-bond donors (Lipinski definition) is 0. The average molecular weight is 179 g/mol. The molecule has 0 aliphatic heterocycles. The summed E-state index contributed by atoms with van der Waals surface area (Å²) in [5.74, 6) is 0. The Hall–Kier alpha value is 0.400. The van der Waals surface area contributed by atoms with E-state index in [2.05, 4.69) is 38.0 Å². The Kier molecular flexibility index (Phi) is 15.8. The highest BCUT2D eigenvalue weighted by Crippen LogP contribution is 1.78. The van der Waals surface area contributed by atoms with E-state index < -0.39 is 0 Å². The minimum Gasteiger partial charge on any atom is -0.307 e. The van der Waals surface area contributed by atoms with Gasteiger partial charge in [-0.05, 0) is 26.4 Å². The van der Waals surface area contributed by atoms with Crippen molar-refractivity contribution in [2.75, 3.05) is 26.4 Å². The van der Waals surface area contributed by atoms with E-state index in [0.29, 0.717) is 0 Å². The number of hydrogen-bond acceptors (Lipinski definition) is 3. The highest BCUT2D eigenvalue weighted by Gasteiger charge is 1.81. The number of rotatable bonds is 3. The molecule has 62 valence electrons. The van der Waals surface area contributed by atoms with Crippen LogP contribution in [-0.2, 0) is 0 Å². The maximum absolute atomic E-state index is 4.39. The van der Waals surface area contributed by atoms with Crippen molar-refractivity contribution >= 4 is 28.7 Å². The molecule has 1 nitrogen and oxygen atoms in total. The smallest absolute Gasteiger partial charge is 0.0339 e. The summed E-state index contributed by atoms with van der Waals surface area (Å²) in [4.78, 5) is 2.25. The first-order valence-corrected chi connectivity index (χ1v) is 5.13. The Bertz CT molecular complexity index is 62.6. The molecule has 0 amide bonds. The predicted molar refractivity (Wildman–Crippen MR) is 56.0 cm³/mol. The molecule has 0 aromatic rings. The molecule has 0 unspecified atom stereocenters. The number of thioether (sulfide) groups is 1. The maximum atomic E-state index is 4.39. The molecule has 10 heavy (non-hydrogen) atoms. The first-order chi connectivity index (χ1) is 4.72. The molecule has 0 aliphatic rings. The second kappa shape index (κ2) is 12.1. The normalized spacial score (nSPS) is 8.50. The molecule has 0 aromatic heterocycles. The molecular weight excluding hydrogens is 162 g/mol. The minimum atomic E-state index is 1.16. The summed E-state index contributed by atoms with van der Waals surface area (Å²) < 4.78 is 1.62. The van der Waals surface area contributed by atoms with Crippen LogP contribution in [0.4, 0.5) is 0 Å². The fourth-order valence-corrected chi connectivity index (χ4v) is 0.224. The molecule has 0 rings (SSSR count). The Labute approximate surface area is 74.2 Å². The molecule has 0 aliphatic carbocycles. The van der Waals surface area contributed by atoms with E-state index in [1.807, 2.05) is 6.26 Å². The molecule has 0 heterocycles. The van der Waals surface area contributed by atoms with Crippen molar-refractivity contribution in [1.29, 1.82) is 0 Å². The van der Waals surface area contributed by atoms with E-state index in [4.69, 9.17) is 0 Å². The quantitative estimate of drug-likeness (QED) is 0.612. The van der Waals surface area contributed by atoms with Gasteiger partial charge in [-0.15, -0.1) is 11.8 Å². The third-order valence-electron chi connectivity index (χ3n) is 1.18. The van der Waals surface area contributed by atoms with Crippen molar-refractivity contribution < 1.29 is 0 Å². The average Bonchev–Trinajstić information content (AvgIpc) is 2.03. The second-order valence-corrected chi connectivity index (χ2v) is 3.06. The standard InChI is InChI=1S/C5H13N.C2H4S2/c1-4-6(3)5-2;1-4-2-3/h4-5H2,1-3H3;2H,1H3. The van der Waals surface area contributed by atoms with E-state index in [1.165, 1.54) is 0 Å². The van der Waals surface area contributed by atoms with Crippen LogP contribution in [0, 0.1) is 0 Å². The van der Waals surface area contributed by atoms with Crippen molar-refractivity contribution in [2.24, 2.45) is 0 Å². The summed E-state index contributed by atoms with van der Waals surface area (Å²) in [6.07, 6.45) is 1.94. The van der Waals surface area contributed by atoms with Gasteiger partial charge in [-0.1, -0.05) is 26.1 Å². The van der Waals surface area contributed by atoms with Crippen LogP contribution in [0.1, 0.15) is 13.8 Å². The van der Waals surface area contributed by atoms with Gasteiger partial charge in [0, 0.05) is 4.70 Å². The van der Waals surface area contributed by atoms with Gasteiger partial charge in [0.15, 0.2) is 0 Å². The highest BCUT2D eigenvalue weighted by molar-refractivity contribution is 8.20. The Morgan fingerprint density at radius 3 is 1.70 bits per heavy atom.